The van der Waals surface area contributed by atoms with Crippen molar-refractivity contribution >= 4 is 45.9 Å². The van der Waals surface area contributed by atoms with Crippen LogP contribution in [0, 0.1) is 3.57 Å². The predicted octanol–water partition coefficient (Wildman–Crippen LogP) is 5.71. The lowest BCUT2D eigenvalue weighted by atomic mass is 10.0. The van der Waals surface area contributed by atoms with Crippen LogP contribution in [0.15, 0.2) is 52.1 Å². The number of hydrogen-bond donors (Lipinski definition) is 1. The summed E-state index contributed by atoms with van der Waals surface area (Å²) in [4.78, 5) is 12.4. The summed E-state index contributed by atoms with van der Waals surface area (Å²) in [7, 11) is 1.66. The summed E-state index contributed by atoms with van der Waals surface area (Å²) in [6.45, 7) is 4.23. The van der Waals surface area contributed by atoms with Gasteiger partial charge in [-0.25, -0.2) is 0 Å². The molecular formula is C23H26IN3O3S. The lowest BCUT2D eigenvalue weighted by molar-refractivity contribution is -0.113. The monoisotopic (exact) mass is 551 g/mol. The molecule has 0 saturated heterocycles. The zero-order chi connectivity index (χ0) is 22.2. The predicted molar refractivity (Wildman–Crippen MR) is 132 cm³/mol. The number of halogens is 1. The Morgan fingerprint density at radius 1 is 1.16 bits per heavy atom. The summed E-state index contributed by atoms with van der Waals surface area (Å²) in [6, 6.07) is 14.1. The summed E-state index contributed by atoms with van der Waals surface area (Å²) >= 11 is 3.53. The minimum atomic E-state index is -0.0904. The van der Waals surface area contributed by atoms with Gasteiger partial charge in [0.25, 0.3) is 5.22 Å². The Kier molecular flexibility index (Phi) is 8.77. The number of benzene rings is 2. The molecule has 2 aromatic carbocycles. The lowest BCUT2D eigenvalue weighted by Crippen LogP contribution is -2.15. The Balaban J connectivity index is 1.45. The van der Waals surface area contributed by atoms with E-state index < -0.39 is 0 Å². The third-order valence-electron chi connectivity index (χ3n) is 4.70. The summed E-state index contributed by atoms with van der Waals surface area (Å²) < 4.78 is 12.0. The average Bonchev–Trinajstić information content (AvgIpc) is 3.21. The molecule has 0 atom stereocenters. The molecule has 0 fully saturated rings. The zero-order valence-electron chi connectivity index (χ0n) is 17.9. The fraction of sp³-hybridized carbons (Fsp3) is 0.348. The van der Waals surface area contributed by atoms with Crippen LogP contribution >= 0.6 is 34.4 Å². The van der Waals surface area contributed by atoms with Crippen molar-refractivity contribution < 1.29 is 13.9 Å². The van der Waals surface area contributed by atoms with Crippen LogP contribution in [0.4, 0.5) is 5.69 Å². The molecule has 0 unspecified atom stereocenters. The van der Waals surface area contributed by atoms with E-state index in [0.717, 1.165) is 33.4 Å². The van der Waals surface area contributed by atoms with Crippen molar-refractivity contribution in [1.29, 1.82) is 0 Å². The van der Waals surface area contributed by atoms with Crippen LogP contribution in [0.5, 0.6) is 5.75 Å². The van der Waals surface area contributed by atoms with E-state index in [-0.39, 0.29) is 11.7 Å². The van der Waals surface area contributed by atoms with Gasteiger partial charge in [-0.1, -0.05) is 37.7 Å². The van der Waals surface area contributed by atoms with Crippen LogP contribution in [0.3, 0.4) is 0 Å². The van der Waals surface area contributed by atoms with Crippen LogP contribution in [-0.2, 0) is 17.6 Å². The summed E-state index contributed by atoms with van der Waals surface area (Å²) in [5.41, 5.74) is 3.22. The second kappa shape index (κ2) is 11.5. The van der Waals surface area contributed by atoms with Gasteiger partial charge < -0.3 is 14.5 Å². The van der Waals surface area contributed by atoms with E-state index >= 15 is 0 Å². The first-order valence-electron chi connectivity index (χ1n) is 10.1. The standard InChI is InChI=1S/C23H26IN3O3S/c1-15(2)19-13-17(24)9-12-20(19)25-21(28)14-31-23-27-26-22(30-23)6-4-5-16-7-10-18(29-3)11-8-16/h7-13,15H,4-6,14H2,1-3H3,(H,25,28). The highest BCUT2D eigenvalue weighted by Crippen LogP contribution is 2.27. The summed E-state index contributed by atoms with van der Waals surface area (Å²) in [6.07, 6.45) is 2.53. The number of methoxy groups -OCH3 is 1. The number of rotatable bonds is 10. The van der Waals surface area contributed by atoms with Gasteiger partial charge in [0.05, 0.1) is 12.9 Å². The van der Waals surface area contributed by atoms with Gasteiger partial charge in [0, 0.05) is 15.7 Å². The molecule has 0 aliphatic heterocycles. The SMILES string of the molecule is COc1ccc(CCCc2nnc(SCC(=O)Nc3ccc(I)cc3C(C)C)o2)cc1. The maximum absolute atomic E-state index is 12.4. The molecule has 164 valence electrons. The first-order valence-corrected chi connectivity index (χ1v) is 12.2. The number of ether oxygens (including phenoxy) is 1. The smallest absolute Gasteiger partial charge is 0.277 e. The first-order chi connectivity index (χ1) is 14.9. The van der Waals surface area contributed by atoms with Gasteiger partial charge in [-0.2, -0.15) is 0 Å². The van der Waals surface area contributed by atoms with Crippen molar-refractivity contribution in [1.82, 2.24) is 10.2 Å². The van der Waals surface area contributed by atoms with E-state index in [0.29, 0.717) is 23.5 Å². The van der Waals surface area contributed by atoms with E-state index in [2.05, 4.69) is 70.2 Å². The van der Waals surface area contributed by atoms with Crippen LogP contribution < -0.4 is 10.1 Å². The van der Waals surface area contributed by atoms with E-state index in [1.807, 2.05) is 24.3 Å². The van der Waals surface area contributed by atoms with E-state index in [4.69, 9.17) is 9.15 Å². The van der Waals surface area contributed by atoms with Crippen LogP contribution in [0.1, 0.15) is 43.2 Å². The number of carbonyl (C=O) groups is 1. The third-order valence-corrected chi connectivity index (χ3v) is 6.19. The number of nitrogens with zero attached hydrogens (tertiary/aromatic N) is 2. The average molecular weight is 551 g/mol. The van der Waals surface area contributed by atoms with Gasteiger partial charge in [0.2, 0.25) is 11.8 Å². The molecule has 0 radical (unpaired) electrons. The van der Waals surface area contributed by atoms with Gasteiger partial charge in [0.1, 0.15) is 5.75 Å². The minimum absolute atomic E-state index is 0.0904. The van der Waals surface area contributed by atoms with Crippen LogP contribution in [0.2, 0.25) is 0 Å². The topological polar surface area (TPSA) is 77.2 Å². The number of aromatic nitrogens is 2. The molecule has 1 N–H and O–H groups in total. The summed E-state index contributed by atoms with van der Waals surface area (Å²) in [5, 5.41) is 11.6. The molecule has 0 aliphatic rings. The molecule has 3 rings (SSSR count). The van der Waals surface area contributed by atoms with Crippen molar-refractivity contribution in [3.05, 3.63) is 63.1 Å². The number of carbonyl (C=O) groups excluding carboxylic acids is 1. The second-order valence-corrected chi connectivity index (χ2v) is 9.56. The second-order valence-electron chi connectivity index (χ2n) is 7.39. The fourth-order valence-corrected chi connectivity index (χ4v) is 4.17. The molecule has 3 aromatic rings. The molecule has 0 saturated carbocycles. The highest BCUT2D eigenvalue weighted by molar-refractivity contribution is 14.1. The molecule has 6 nitrogen and oxygen atoms in total. The molecule has 1 aromatic heterocycles. The first kappa shape index (κ1) is 23.6. The van der Waals surface area contributed by atoms with Crippen LogP contribution in [0.25, 0.3) is 0 Å². The minimum Gasteiger partial charge on any atom is -0.497 e. The molecule has 1 heterocycles. The molecule has 31 heavy (non-hydrogen) atoms. The Morgan fingerprint density at radius 3 is 2.65 bits per heavy atom. The Morgan fingerprint density at radius 2 is 1.94 bits per heavy atom. The van der Waals surface area contributed by atoms with Gasteiger partial charge in [0.15, 0.2) is 0 Å². The Bertz CT molecular complexity index is 1010. The highest BCUT2D eigenvalue weighted by Gasteiger charge is 2.13. The van der Waals surface area contributed by atoms with E-state index in [1.165, 1.54) is 17.3 Å². The molecular weight excluding hydrogens is 525 g/mol. The van der Waals surface area contributed by atoms with Gasteiger partial charge in [-0.3, -0.25) is 4.79 Å². The van der Waals surface area contributed by atoms with Crippen molar-refractivity contribution in [3.63, 3.8) is 0 Å². The normalized spacial score (nSPS) is 11.0. The maximum atomic E-state index is 12.4. The molecule has 8 heteroatoms. The lowest BCUT2D eigenvalue weighted by Gasteiger charge is -2.14. The van der Waals surface area contributed by atoms with E-state index in [9.17, 15) is 4.79 Å². The quantitative estimate of drug-likeness (QED) is 0.257. The molecule has 0 aliphatic carbocycles. The molecule has 0 spiro atoms. The van der Waals surface area contributed by atoms with Gasteiger partial charge in [-0.05, 0) is 82.8 Å². The number of thioether (sulfide) groups is 1. The number of amides is 1. The number of anilines is 1. The van der Waals surface area contributed by atoms with Gasteiger partial charge >= 0.3 is 0 Å². The van der Waals surface area contributed by atoms with Crippen molar-refractivity contribution in [2.24, 2.45) is 0 Å². The maximum Gasteiger partial charge on any atom is 0.277 e. The largest absolute Gasteiger partial charge is 0.497 e. The van der Waals surface area contributed by atoms with Crippen molar-refractivity contribution in [2.75, 3.05) is 18.2 Å². The number of hydrogen-bond acceptors (Lipinski definition) is 6. The summed E-state index contributed by atoms with van der Waals surface area (Å²) in [5.74, 6) is 1.91. The highest BCUT2D eigenvalue weighted by atomic mass is 127. The number of aryl methyl sites for hydroxylation is 2. The zero-order valence-corrected chi connectivity index (χ0v) is 20.8. The molecule has 1 amide bonds. The van der Waals surface area contributed by atoms with Crippen molar-refractivity contribution in [2.45, 2.75) is 44.3 Å². The molecule has 0 bridgehead atoms. The van der Waals surface area contributed by atoms with E-state index in [1.54, 1.807) is 7.11 Å². The fourth-order valence-electron chi connectivity index (χ4n) is 3.07. The number of nitrogens with one attached hydrogen (secondary N) is 1. The Hall–Kier alpha value is -2.07. The van der Waals surface area contributed by atoms with Gasteiger partial charge in [-0.15, -0.1) is 10.2 Å². The third kappa shape index (κ3) is 7.24. The van der Waals surface area contributed by atoms with Crippen molar-refractivity contribution in [3.8, 4) is 5.75 Å². The Labute approximate surface area is 200 Å². The van der Waals surface area contributed by atoms with Crippen LogP contribution in [-0.4, -0.2) is 29.0 Å².